The standard InChI is InChI=1S/C15H16N4O2/c1-21-15(20)9-17-7-14-8-18-11-19(14)10-13-4-2-12(6-16)3-5-13/h2-5,8,11,17H,7,9-10H2,1H3. The molecule has 1 aromatic heterocycles. The summed E-state index contributed by atoms with van der Waals surface area (Å²) >= 11 is 0. The fraction of sp³-hybridized carbons (Fsp3) is 0.267. The van der Waals surface area contributed by atoms with Crippen LogP contribution < -0.4 is 5.32 Å². The molecular formula is C15H16N4O2. The number of carbonyl (C=O) groups excluding carboxylic acids is 1. The second kappa shape index (κ2) is 7.22. The summed E-state index contributed by atoms with van der Waals surface area (Å²) in [5, 5.41) is 11.8. The molecule has 0 fully saturated rings. The molecule has 2 aromatic rings. The van der Waals surface area contributed by atoms with E-state index in [4.69, 9.17) is 5.26 Å². The van der Waals surface area contributed by atoms with E-state index >= 15 is 0 Å². The number of carbonyl (C=O) groups is 1. The van der Waals surface area contributed by atoms with E-state index in [1.807, 2.05) is 16.7 Å². The number of imidazole rings is 1. The molecule has 1 N–H and O–H groups in total. The summed E-state index contributed by atoms with van der Waals surface area (Å²) in [7, 11) is 1.36. The third-order valence-corrected chi connectivity index (χ3v) is 3.04. The van der Waals surface area contributed by atoms with Crippen molar-refractivity contribution in [3.63, 3.8) is 0 Å². The van der Waals surface area contributed by atoms with Crippen LogP contribution >= 0.6 is 0 Å². The highest BCUT2D eigenvalue weighted by molar-refractivity contribution is 5.71. The van der Waals surface area contributed by atoms with Crippen LogP contribution in [-0.4, -0.2) is 29.2 Å². The summed E-state index contributed by atoms with van der Waals surface area (Å²) in [5.41, 5.74) is 2.70. The molecule has 6 nitrogen and oxygen atoms in total. The first-order valence-electron chi connectivity index (χ1n) is 6.48. The number of nitrogens with zero attached hydrogens (tertiary/aromatic N) is 3. The molecule has 0 atom stereocenters. The normalized spacial score (nSPS) is 10.1. The van der Waals surface area contributed by atoms with Gasteiger partial charge in [-0.05, 0) is 17.7 Å². The van der Waals surface area contributed by atoms with Crippen LogP contribution in [0.4, 0.5) is 0 Å². The van der Waals surface area contributed by atoms with Crippen LogP contribution in [0.1, 0.15) is 16.8 Å². The highest BCUT2D eigenvalue weighted by Gasteiger charge is 2.05. The Bertz CT molecular complexity index is 640. The third kappa shape index (κ3) is 4.16. The maximum absolute atomic E-state index is 11.0. The lowest BCUT2D eigenvalue weighted by atomic mass is 10.1. The summed E-state index contributed by atoms with van der Waals surface area (Å²) in [5.74, 6) is -0.298. The molecule has 0 aliphatic carbocycles. The molecular weight excluding hydrogens is 268 g/mol. The zero-order chi connectivity index (χ0) is 15.1. The van der Waals surface area contributed by atoms with Crippen LogP contribution in [0.2, 0.25) is 0 Å². The zero-order valence-corrected chi connectivity index (χ0v) is 11.7. The largest absolute Gasteiger partial charge is 0.468 e. The first kappa shape index (κ1) is 14.8. The van der Waals surface area contributed by atoms with Crippen molar-refractivity contribution in [1.29, 1.82) is 5.26 Å². The number of hydrogen-bond acceptors (Lipinski definition) is 5. The highest BCUT2D eigenvalue weighted by atomic mass is 16.5. The predicted octanol–water partition coefficient (Wildman–Crippen LogP) is 1.07. The van der Waals surface area contributed by atoms with Crippen LogP contribution in [0.25, 0.3) is 0 Å². The predicted molar refractivity (Wildman–Crippen MR) is 76.2 cm³/mol. The minimum Gasteiger partial charge on any atom is -0.468 e. The topological polar surface area (TPSA) is 79.9 Å². The molecule has 1 heterocycles. The Labute approximate surface area is 123 Å². The summed E-state index contributed by atoms with van der Waals surface area (Å²) in [4.78, 5) is 15.2. The average Bonchev–Trinajstić information content (AvgIpc) is 2.95. The van der Waals surface area contributed by atoms with E-state index in [1.54, 1.807) is 24.7 Å². The second-order valence-corrected chi connectivity index (χ2v) is 4.50. The van der Waals surface area contributed by atoms with Crippen molar-refractivity contribution in [2.75, 3.05) is 13.7 Å². The minimum absolute atomic E-state index is 0.165. The summed E-state index contributed by atoms with van der Waals surface area (Å²) in [6, 6.07) is 9.52. The van der Waals surface area contributed by atoms with E-state index in [2.05, 4.69) is 21.1 Å². The number of hydrogen-bond donors (Lipinski definition) is 1. The molecule has 0 aliphatic heterocycles. The molecule has 0 radical (unpaired) electrons. The summed E-state index contributed by atoms with van der Waals surface area (Å²) in [6.45, 7) is 1.37. The van der Waals surface area contributed by atoms with E-state index in [0.717, 1.165) is 11.3 Å². The fourth-order valence-corrected chi connectivity index (χ4v) is 1.88. The number of nitrogens with one attached hydrogen (secondary N) is 1. The van der Waals surface area contributed by atoms with Gasteiger partial charge in [0.2, 0.25) is 0 Å². The molecule has 108 valence electrons. The molecule has 2 rings (SSSR count). The SMILES string of the molecule is COC(=O)CNCc1cncn1Cc1ccc(C#N)cc1. The molecule has 0 bridgehead atoms. The first-order chi connectivity index (χ1) is 10.2. The van der Waals surface area contributed by atoms with Crippen LogP contribution in [0, 0.1) is 11.3 Å². The van der Waals surface area contributed by atoms with Gasteiger partial charge in [-0.2, -0.15) is 5.26 Å². The van der Waals surface area contributed by atoms with Crippen molar-refractivity contribution in [3.05, 3.63) is 53.6 Å². The van der Waals surface area contributed by atoms with Crippen molar-refractivity contribution in [1.82, 2.24) is 14.9 Å². The lowest BCUT2D eigenvalue weighted by Gasteiger charge is -2.09. The van der Waals surface area contributed by atoms with Gasteiger partial charge in [0, 0.05) is 19.3 Å². The number of nitriles is 1. The number of aromatic nitrogens is 2. The van der Waals surface area contributed by atoms with Crippen molar-refractivity contribution in [3.8, 4) is 6.07 Å². The van der Waals surface area contributed by atoms with Crippen molar-refractivity contribution >= 4 is 5.97 Å². The number of benzene rings is 1. The Hall–Kier alpha value is -2.65. The quantitative estimate of drug-likeness (QED) is 0.802. The zero-order valence-electron chi connectivity index (χ0n) is 11.7. The minimum atomic E-state index is -0.298. The van der Waals surface area contributed by atoms with Gasteiger partial charge < -0.3 is 14.6 Å². The van der Waals surface area contributed by atoms with Gasteiger partial charge in [0.05, 0.1) is 37.3 Å². The van der Waals surface area contributed by atoms with E-state index in [1.165, 1.54) is 7.11 Å². The number of methoxy groups -OCH3 is 1. The molecule has 0 saturated heterocycles. The molecule has 21 heavy (non-hydrogen) atoms. The number of rotatable bonds is 6. The van der Waals surface area contributed by atoms with E-state index in [-0.39, 0.29) is 12.5 Å². The van der Waals surface area contributed by atoms with Gasteiger partial charge in [-0.1, -0.05) is 12.1 Å². The van der Waals surface area contributed by atoms with Gasteiger partial charge in [-0.3, -0.25) is 4.79 Å². The summed E-state index contributed by atoms with van der Waals surface area (Å²) < 4.78 is 6.56. The first-order valence-corrected chi connectivity index (χ1v) is 6.48. The molecule has 0 unspecified atom stereocenters. The highest BCUT2D eigenvalue weighted by Crippen LogP contribution is 2.08. The van der Waals surface area contributed by atoms with Gasteiger partial charge in [0.25, 0.3) is 0 Å². The van der Waals surface area contributed by atoms with Crippen molar-refractivity contribution in [2.45, 2.75) is 13.1 Å². The molecule has 1 aromatic carbocycles. The van der Waals surface area contributed by atoms with Crippen LogP contribution in [0.3, 0.4) is 0 Å². The Morgan fingerprint density at radius 2 is 2.19 bits per heavy atom. The Kier molecular flexibility index (Phi) is 5.07. The monoisotopic (exact) mass is 284 g/mol. The van der Waals surface area contributed by atoms with Crippen LogP contribution in [0.15, 0.2) is 36.8 Å². The van der Waals surface area contributed by atoms with E-state index < -0.39 is 0 Å². The smallest absolute Gasteiger partial charge is 0.319 e. The Morgan fingerprint density at radius 3 is 2.86 bits per heavy atom. The maximum atomic E-state index is 11.0. The number of esters is 1. The van der Waals surface area contributed by atoms with Crippen LogP contribution in [0.5, 0.6) is 0 Å². The maximum Gasteiger partial charge on any atom is 0.319 e. The fourth-order valence-electron chi connectivity index (χ4n) is 1.88. The van der Waals surface area contributed by atoms with Crippen molar-refractivity contribution < 1.29 is 9.53 Å². The van der Waals surface area contributed by atoms with E-state index in [0.29, 0.717) is 18.7 Å². The Morgan fingerprint density at radius 1 is 1.43 bits per heavy atom. The molecule has 0 saturated carbocycles. The molecule has 0 amide bonds. The molecule has 6 heteroatoms. The third-order valence-electron chi connectivity index (χ3n) is 3.04. The van der Waals surface area contributed by atoms with Crippen LogP contribution in [-0.2, 0) is 22.6 Å². The second-order valence-electron chi connectivity index (χ2n) is 4.50. The number of ether oxygens (including phenoxy) is 1. The molecule has 0 aliphatic rings. The lowest BCUT2D eigenvalue weighted by molar-refractivity contribution is -0.139. The van der Waals surface area contributed by atoms with E-state index in [9.17, 15) is 4.79 Å². The van der Waals surface area contributed by atoms with Gasteiger partial charge in [0.1, 0.15) is 0 Å². The van der Waals surface area contributed by atoms with Gasteiger partial charge >= 0.3 is 5.97 Å². The Balaban J connectivity index is 1.96. The molecule has 0 spiro atoms. The van der Waals surface area contributed by atoms with Gasteiger partial charge in [-0.25, -0.2) is 4.98 Å². The van der Waals surface area contributed by atoms with Crippen molar-refractivity contribution in [2.24, 2.45) is 0 Å². The lowest BCUT2D eigenvalue weighted by Crippen LogP contribution is -2.24. The summed E-state index contributed by atoms with van der Waals surface area (Å²) in [6.07, 6.45) is 3.50. The van der Waals surface area contributed by atoms with Gasteiger partial charge in [-0.15, -0.1) is 0 Å². The van der Waals surface area contributed by atoms with Gasteiger partial charge in [0.15, 0.2) is 0 Å². The average molecular weight is 284 g/mol.